The molecule has 2 aromatic rings. The predicted molar refractivity (Wildman–Crippen MR) is 135 cm³/mol. The van der Waals surface area contributed by atoms with Crippen LogP contribution in [0.3, 0.4) is 0 Å². The number of Topliss-reactive ketones (excluding diaryl/α,β-unsaturated/α-hetero) is 1. The van der Waals surface area contributed by atoms with Crippen molar-refractivity contribution in [1.29, 1.82) is 0 Å². The number of aliphatic hydroxyl groups excluding tert-OH is 1. The monoisotopic (exact) mass is 462 g/mol. The van der Waals surface area contributed by atoms with Crippen LogP contribution in [0.2, 0.25) is 0 Å². The SMILES string of the molecule is C=CCOc1ccc(/C(O)=C2/C(=O)C(=O)N(CCN(CC)CC)C2c2ccc(CC)cc2)cc1. The molecular weight excluding hydrogens is 428 g/mol. The molecule has 1 heterocycles. The maximum absolute atomic E-state index is 13.2. The number of rotatable bonds is 11. The number of likely N-dealkylation sites (N-methyl/N-ethyl adjacent to an activating group) is 1. The van der Waals surface area contributed by atoms with Crippen molar-refractivity contribution < 1.29 is 19.4 Å². The molecule has 1 fully saturated rings. The van der Waals surface area contributed by atoms with Crippen molar-refractivity contribution in [3.63, 3.8) is 0 Å². The molecule has 0 spiro atoms. The van der Waals surface area contributed by atoms with E-state index in [1.165, 1.54) is 5.56 Å². The van der Waals surface area contributed by atoms with Crippen molar-refractivity contribution in [1.82, 2.24) is 9.80 Å². The maximum atomic E-state index is 13.2. The fourth-order valence-corrected chi connectivity index (χ4v) is 4.20. The van der Waals surface area contributed by atoms with Crippen molar-refractivity contribution in [2.24, 2.45) is 0 Å². The Morgan fingerprint density at radius 1 is 1.06 bits per heavy atom. The summed E-state index contributed by atoms with van der Waals surface area (Å²) in [6, 6.07) is 14.1. The van der Waals surface area contributed by atoms with Gasteiger partial charge in [0, 0.05) is 18.7 Å². The lowest BCUT2D eigenvalue weighted by Gasteiger charge is -2.28. The highest BCUT2D eigenvalue weighted by Gasteiger charge is 2.45. The number of ether oxygens (including phenoxy) is 1. The van der Waals surface area contributed by atoms with E-state index in [1.54, 1.807) is 35.2 Å². The average Bonchev–Trinajstić information content (AvgIpc) is 3.13. The van der Waals surface area contributed by atoms with E-state index >= 15 is 0 Å². The second-order valence-electron chi connectivity index (χ2n) is 8.24. The average molecular weight is 463 g/mol. The van der Waals surface area contributed by atoms with Gasteiger partial charge in [0.2, 0.25) is 0 Å². The summed E-state index contributed by atoms with van der Waals surface area (Å²) in [5.74, 6) is -0.788. The quantitative estimate of drug-likeness (QED) is 0.229. The third-order valence-corrected chi connectivity index (χ3v) is 6.29. The molecule has 0 radical (unpaired) electrons. The Labute approximate surface area is 202 Å². The van der Waals surface area contributed by atoms with Crippen LogP contribution in [0.5, 0.6) is 5.75 Å². The number of carbonyl (C=O) groups is 2. The molecule has 34 heavy (non-hydrogen) atoms. The summed E-state index contributed by atoms with van der Waals surface area (Å²) in [4.78, 5) is 30.1. The number of aliphatic hydroxyl groups is 1. The third-order valence-electron chi connectivity index (χ3n) is 6.29. The van der Waals surface area contributed by atoms with E-state index < -0.39 is 17.7 Å². The molecule has 1 atom stereocenters. The minimum atomic E-state index is -0.659. The van der Waals surface area contributed by atoms with Gasteiger partial charge in [-0.25, -0.2) is 0 Å². The summed E-state index contributed by atoms with van der Waals surface area (Å²) in [5.41, 5.74) is 2.55. The maximum Gasteiger partial charge on any atom is 0.295 e. The molecule has 1 unspecified atom stereocenters. The molecule has 1 saturated heterocycles. The Bertz CT molecular complexity index is 1040. The highest BCUT2D eigenvalue weighted by molar-refractivity contribution is 6.46. The number of hydrogen-bond donors (Lipinski definition) is 1. The van der Waals surface area contributed by atoms with Crippen molar-refractivity contribution in [2.75, 3.05) is 32.8 Å². The van der Waals surface area contributed by atoms with E-state index in [1.807, 2.05) is 24.3 Å². The Morgan fingerprint density at radius 3 is 2.26 bits per heavy atom. The van der Waals surface area contributed by atoms with Crippen molar-refractivity contribution in [3.8, 4) is 5.75 Å². The zero-order valence-corrected chi connectivity index (χ0v) is 20.3. The van der Waals surface area contributed by atoms with Crippen molar-refractivity contribution in [2.45, 2.75) is 33.2 Å². The van der Waals surface area contributed by atoms with E-state index in [9.17, 15) is 14.7 Å². The lowest BCUT2D eigenvalue weighted by molar-refractivity contribution is -0.140. The molecule has 1 N–H and O–H groups in total. The Balaban J connectivity index is 2.03. The topological polar surface area (TPSA) is 70.1 Å². The number of hydrogen-bond acceptors (Lipinski definition) is 5. The Kier molecular flexibility index (Phi) is 8.66. The molecular formula is C28H34N2O4. The minimum absolute atomic E-state index is 0.119. The van der Waals surface area contributed by atoms with Crippen LogP contribution in [0, 0.1) is 0 Å². The highest BCUT2D eigenvalue weighted by atomic mass is 16.5. The van der Waals surface area contributed by atoms with Gasteiger partial charge in [-0.1, -0.05) is 57.7 Å². The second kappa shape index (κ2) is 11.7. The van der Waals surface area contributed by atoms with Gasteiger partial charge in [0.1, 0.15) is 18.1 Å². The van der Waals surface area contributed by atoms with Gasteiger partial charge in [-0.3, -0.25) is 9.59 Å². The molecule has 1 aliphatic heterocycles. The highest BCUT2D eigenvalue weighted by Crippen LogP contribution is 2.39. The predicted octanol–water partition coefficient (Wildman–Crippen LogP) is 4.58. The molecule has 6 heteroatoms. The number of likely N-dealkylation sites (tertiary alicyclic amines) is 1. The van der Waals surface area contributed by atoms with E-state index in [4.69, 9.17) is 4.74 Å². The van der Waals surface area contributed by atoms with Gasteiger partial charge >= 0.3 is 0 Å². The lowest BCUT2D eigenvalue weighted by Crippen LogP contribution is -2.38. The Hall–Kier alpha value is -3.38. The zero-order valence-electron chi connectivity index (χ0n) is 20.3. The number of carbonyl (C=O) groups excluding carboxylic acids is 2. The minimum Gasteiger partial charge on any atom is -0.507 e. The largest absolute Gasteiger partial charge is 0.507 e. The van der Waals surface area contributed by atoms with Crippen LogP contribution in [-0.4, -0.2) is 59.4 Å². The lowest BCUT2D eigenvalue weighted by atomic mass is 9.94. The summed E-state index contributed by atoms with van der Waals surface area (Å²) in [6.07, 6.45) is 2.54. The molecule has 2 aromatic carbocycles. The van der Waals surface area contributed by atoms with Crippen LogP contribution in [0.4, 0.5) is 0 Å². The van der Waals surface area contributed by atoms with Gasteiger partial charge < -0.3 is 19.6 Å². The summed E-state index contributed by atoms with van der Waals surface area (Å²) >= 11 is 0. The standard InChI is InChI=1S/C28H34N2O4/c1-5-19-34-23-15-13-22(14-16-23)26(31)24-25(21-11-9-20(6-2)10-12-21)30(28(33)27(24)32)18-17-29(7-3)8-4/h5,9-16,25,31H,1,6-8,17-19H2,2-4H3/b26-24-. The van der Waals surface area contributed by atoms with Crippen LogP contribution in [-0.2, 0) is 16.0 Å². The number of amides is 1. The normalized spacial score (nSPS) is 17.4. The first kappa shape index (κ1) is 25.2. The first-order chi connectivity index (χ1) is 16.4. The number of nitrogens with zero attached hydrogens (tertiary/aromatic N) is 2. The van der Waals surface area contributed by atoms with Gasteiger partial charge in [0.05, 0.1) is 11.6 Å². The van der Waals surface area contributed by atoms with E-state index in [0.717, 1.165) is 25.1 Å². The molecule has 1 amide bonds. The smallest absolute Gasteiger partial charge is 0.295 e. The molecule has 3 rings (SSSR count). The second-order valence-corrected chi connectivity index (χ2v) is 8.24. The fourth-order valence-electron chi connectivity index (χ4n) is 4.20. The van der Waals surface area contributed by atoms with Gasteiger partial charge in [-0.15, -0.1) is 0 Å². The first-order valence-corrected chi connectivity index (χ1v) is 11.9. The molecule has 180 valence electrons. The van der Waals surface area contributed by atoms with Gasteiger partial charge in [-0.05, 0) is 54.9 Å². The number of aryl methyl sites for hydroxylation is 1. The summed E-state index contributed by atoms with van der Waals surface area (Å²) < 4.78 is 5.51. The molecule has 1 aliphatic rings. The Morgan fingerprint density at radius 2 is 1.71 bits per heavy atom. The van der Waals surface area contributed by atoms with Gasteiger partial charge in [0.25, 0.3) is 11.7 Å². The number of benzene rings is 2. The van der Waals surface area contributed by atoms with E-state index in [-0.39, 0.29) is 11.3 Å². The molecule has 0 saturated carbocycles. The van der Waals surface area contributed by atoms with Crippen LogP contribution in [0.1, 0.15) is 43.5 Å². The van der Waals surface area contributed by atoms with Crippen LogP contribution < -0.4 is 4.74 Å². The van der Waals surface area contributed by atoms with Gasteiger partial charge in [0.15, 0.2) is 0 Å². The molecule has 0 aliphatic carbocycles. The zero-order chi connectivity index (χ0) is 24.7. The molecule has 0 bridgehead atoms. The van der Waals surface area contributed by atoms with Crippen molar-refractivity contribution >= 4 is 17.4 Å². The van der Waals surface area contributed by atoms with Crippen LogP contribution >= 0.6 is 0 Å². The van der Waals surface area contributed by atoms with E-state index in [0.29, 0.717) is 31.0 Å². The molecule has 0 aromatic heterocycles. The summed E-state index contributed by atoms with van der Waals surface area (Å²) in [6.45, 7) is 13.0. The summed E-state index contributed by atoms with van der Waals surface area (Å²) in [7, 11) is 0. The third kappa shape index (κ3) is 5.39. The van der Waals surface area contributed by atoms with Crippen LogP contribution in [0.25, 0.3) is 5.76 Å². The first-order valence-electron chi connectivity index (χ1n) is 11.9. The van der Waals surface area contributed by atoms with Gasteiger partial charge in [-0.2, -0.15) is 0 Å². The fraction of sp³-hybridized carbons (Fsp3) is 0.357. The van der Waals surface area contributed by atoms with Crippen molar-refractivity contribution in [3.05, 3.63) is 83.4 Å². The molecule has 6 nitrogen and oxygen atoms in total. The summed E-state index contributed by atoms with van der Waals surface area (Å²) in [5, 5.41) is 11.2. The van der Waals surface area contributed by atoms with E-state index in [2.05, 4.69) is 32.3 Å². The van der Waals surface area contributed by atoms with Crippen LogP contribution in [0.15, 0.2) is 66.8 Å². The number of ketones is 1.